The highest BCUT2D eigenvalue weighted by Gasteiger charge is 2.23. The van der Waals surface area contributed by atoms with Crippen molar-refractivity contribution < 1.29 is 4.79 Å². The highest BCUT2D eigenvalue weighted by molar-refractivity contribution is 7.80. The normalized spacial score (nSPS) is 13.1. The number of hydrogen-bond donors (Lipinski definition) is 3. The maximum atomic E-state index is 13.1. The first-order chi connectivity index (χ1) is 15.1. The molecule has 0 saturated heterocycles. The summed E-state index contributed by atoms with van der Waals surface area (Å²) < 4.78 is 0. The van der Waals surface area contributed by atoms with Gasteiger partial charge in [-0.05, 0) is 30.2 Å². The fraction of sp³-hybridized carbons (Fsp3) is 0.250. The van der Waals surface area contributed by atoms with Gasteiger partial charge in [-0.1, -0.05) is 50.7 Å². The van der Waals surface area contributed by atoms with Gasteiger partial charge in [0.25, 0.3) is 5.91 Å². The number of para-hydroxylation sites is 1. The fourth-order valence-corrected chi connectivity index (χ4v) is 3.99. The Kier molecular flexibility index (Phi) is 6.23. The molecule has 2 aromatic carbocycles. The van der Waals surface area contributed by atoms with Crippen molar-refractivity contribution in [3.8, 4) is 0 Å². The van der Waals surface area contributed by atoms with Crippen molar-refractivity contribution in [2.45, 2.75) is 32.9 Å². The van der Waals surface area contributed by atoms with E-state index in [-0.39, 0.29) is 17.9 Å². The van der Waals surface area contributed by atoms with Crippen molar-refractivity contribution in [1.29, 1.82) is 0 Å². The van der Waals surface area contributed by atoms with Gasteiger partial charge in [-0.25, -0.2) is 0 Å². The first-order valence-corrected chi connectivity index (χ1v) is 10.8. The Labute approximate surface area is 186 Å². The van der Waals surface area contributed by atoms with Gasteiger partial charge in [0.2, 0.25) is 0 Å². The summed E-state index contributed by atoms with van der Waals surface area (Å²) in [4.78, 5) is 25.4. The van der Waals surface area contributed by atoms with E-state index in [4.69, 9.17) is 12.2 Å². The van der Waals surface area contributed by atoms with Crippen LogP contribution in [0.2, 0.25) is 0 Å². The van der Waals surface area contributed by atoms with Crippen LogP contribution in [0.4, 0.5) is 0 Å². The topological polar surface area (TPSA) is 82.7 Å². The van der Waals surface area contributed by atoms with Crippen LogP contribution in [-0.4, -0.2) is 31.9 Å². The Bertz CT molecular complexity index is 1220. The Morgan fingerprint density at radius 2 is 1.94 bits per heavy atom. The molecule has 2 atom stereocenters. The minimum Gasteiger partial charge on any atom is -0.372 e. The number of nitrogens with one attached hydrogen (secondary N) is 3. The fourth-order valence-electron chi connectivity index (χ4n) is 3.62. The van der Waals surface area contributed by atoms with Crippen LogP contribution in [0.1, 0.15) is 36.3 Å². The van der Waals surface area contributed by atoms with Gasteiger partial charge in [-0.2, -0.15) is 0 Å². The lowest BCUT2D eigenvalue weighted by Crippen LogP contribution is -2.49. The number of aromatic nitrogens is 3. The van der Waals surface area contributed by atoms with Gasteiger partial charge >= 0.3 is 0 Å². The molecule has 1 unspecified atom stereocenters. The molecule has 1 amide bonds. The van der Waals surface area contributed by atoms with Crippen molar-refractivity contribution >= 4 is 44.9 Å². The van der Waals surface area contributed by atoms with Crippen LogP contribution in [0, 0.1) is 5.92 Å². The number of rotatable bonds is 7. The Balaban J connectivity index is 1.53. The van der Waals surface area contributed by atoms with E-state index < -0.39 is 0 Å². The molecule has 0 spiro atoms. The van der Waals surface area contributed by atoms with E-state index in [0.717, 1.165) is 33.9 Å². The van der Waals surface area contributed by atoms with E-state index in [9.17, 15) is 4.79 Å². The van der Waals surface area contributed by atoms with Crippen LogP contribution in [-0.2, 0) is 6.54 Å². The summed E-state index contributed by atoms with van der Waals surface area (Å²) in [5.41, 5.74) is 3.48. The largest absolute Gasteiger partial charge is 0.372 e. The Morgan fingerprint density at radius 3 is 2.71 bits per heavy atom. The van der Waals surface area contributed by atoms with Crippen molar-refractivity contribution in [3.05, 3.63) is 72.3 Å². The van der Waals surface area contributed by atoms with Crippen molar-refractivity contribution in [1.82, 2.24) is 25.6 Å². The van der Waals surface area contributed by atoms with Gasteiger partial charge in [0.15, 0.2) is 0 Å². The molecule has 0 fully saturated rings. The number of aromatic amines is 1. The molecule has 3 N–H and O–H groups in total. The van der Waals surface area contributed by atoms with E-state index in [2.05, 4.69) is 45.5 Å². The molecule has 0 aliphatic heterocycles. The van der Waals surface area contributed by atoms with Gasteiger partial charge in [-0.3, -0.25) is 14.8 Å². The molecule has 0 saturated carbocycles. The highest BCUT2D eigenvalue weighted by Crippen LogP contribution is 2.26. The summed E-state index contributed by atoms with van der Waals surface area (Å²) >= 11 is 5.63. The molecule has 7 heteroatoms. The summed E-state index contributed by atoms with van der Waals surface area (Å²) in [6.45, 7) is 4.65. The summed E-state index contributed by atoms with van der Waals surface area (Å²) in [7, 11) is 0. The van der Waals surface area contributed by atoms with E-state index in [1.54, 1.807) is 18.6 Å². The predicted octanol–water partition coefficient (Wildman–Crippen LogP) is 4.37. The lowest BCUT2D eigenvalue weighted by atomic mass is 9.98. The summed E-state index contributed by atoms with van der Waals surface area (Å²) in [5, 5.41) is 8.50. The molecule has 2 aromatic heterocycles. The minimum atomic E-state index is -0.275. The zero-order valence-electron chi connectivity index (χ0n) is 17.6. The second-order valence-electron chi connectivity index (χ2n) is 7.68. The average molecular weight is 432 g/mol. The predicted molar refractivity (Wildman–Crippen MR) is 128 cm³/mol. The van der Waals surface area contributed by atoms with Crippen LogP contribution >= 0.6 is 12.2 Å². The van der Waals surface area contributed by atoms with E-state index in [1.165, 1.54) is 0 Å². The van der Waals surface area contributed by atoms with Crippen molar-refractivity contribution in [2.75, 3.05) is 0 Å². The van der Waals surface area contributed by atoms with Crippen LogP contribution < -0.4 is 10.6 Å². The first-order valence-electron chi connectivity index (χ1n) is 10.4. The molecule has 4 aromatic rings. The maximum absolute atomic E-state index is 13.1. The molecule has 6 nitrogen and oxygen atoms in total. The molecule has 0 bridgehead atoms. The third-order valence-electron chi connectivity index (χ3n) is 5.61. The standard InChI is InChI=1S/C24H25N5OS/c1-3-15(2)22(24(31)27-14-17-13-25-10-11-26-17)29-23(30)16-8-9-21-19(12-16)18-6-4-5-7-20(18)28-21/h4-13,15,22,28H,3,14H2,1-2H3,(H,27,31)(H,29,30)/t15?,22-/m0/s1. The second kappa shape index (κ2) is 9.22. The van der Waals surface area contributed by atoms with Crippen LogP contribution in [0.3, 0.4) is 0 Å². The smallest absolute Gasteiger partial charge is 0.251 e. The molecular weight excluding hydrogens is 406 g/mol. The van der Waals surface area contributed by atoms with Gasteiger partial charge in [0.1, 0.15) is 0 Å². The number of nitrogens with zero attached hydrogens (tertiary/aromatic N) is 2. The lowest BCUT2D eigenvalue weighted by Gasteiger charge is -2.26. The molecular formula is C24H25N5OS. The van der Waals surface area contributed by atoms with E-state index in [0.29, 0.717) is 17.1 Å². The first kappa shape index (κ1) is 20.9. The van der Waals surface area contributed by atoms with Gasteiger partial charge in [0, 0.05) is 39.8 Å². The van der Waals surface area contributed by atoms with Gasteiger partial charge in [0.05, 0.1) is 29.5 Å². The van der Waals surface area contributed by atoms with Crippen molar-refractivity contribution in [3.63, 3.8) is 0 Å². The summed E-state index contributed by atoms with van der Waals surface area (Å²) in [6.07, 6.45) is 5.87. The molecule has 4 rings (SSSR count). The number of amides is 1. The van der Waals surface area contributed by atoms with Crippen molar-refractivity contribution in [2.24, 2.45) is 5.92 Å². The number of hydrogen-bond acceptors (Lipinski definition) is 4. The van der Waals surface area contributed by atoms with Crippen LogP contribution in [0.25, 0.3) is 21.8 Å². The van der Waals surface area contributed by atoms with Gasteiger partial charge in [-0.15, -0.1) is 0 Å². The number of H-pyrrole nitrogens is 1. The number of benzene rings is 2. The number of carbonyl (C=O) groups is 1. The SMILES string of the molecule is CCC(C)[C@H](NC(=O)c1ccc2[nH]c3ccccc3c2c1)C(=S)NCc1cnccn1. The lowest BCUT2D eigenvalue weighted by molar-refractivity contribution is 0.0938. The average Bonchev–Trinajstić information content (AvgIpc) is 3.19. The van der Waals surface area contributed by atoms with Gasteiger partial charge < -0.3 is 15.6 Å². The third kappa shape index (κ3) is 4.56. The molecule has 0 radical (unpaired) electrons. The molecule has 0 aliphatic carbocycles. The second-order valence-corrected chi connectivity index (χ2v) is 8.12. The Hall–Kier alpha value is -3.32. The van der Waals surface area contributed by atoms with E-state index >= 15 is 0 Å². The quantitative estimate of drug-likeness (QED) is 0.379. The maximum Gasteiger partial charge on any atom is 0.251 e. The summed E-state index contributed by atoms with van der Waals surface area (Å²) in [5.74, 6) is 0.0451. The number of fused-ring (bicyclic) bond motifs is 3. The van der Waals surface area contributed by atoms with E-state index in [1.807, 2.05) is 36.4 Å². The third-order valence-corrected chi connectivity index (χ3v) is 6.01. The minimum absolute atomic E-state index is 0.138. The Morgan fingerprint density at radius 1 is 1.13 bits per heavy atom. The van der Waals surface area contributed by atoms with Crippen LogP contribution in [0.5, 0.6) is 0 Å². The van der Waals surface area contributed by atoms with Crippen LogP contribution in [0.15, 0.2) is 61.1 Å². The molecule has 2 heterocycles. The zero-order chi connectivity index (χ0) is 21.8. The number of thiocarbonyl (C=S) groups is 1. The summed E-state index contributed by atoms with van der Waals surface area (Å²) in [6, 6.07) is 13.6. The number of carbonyl (C=O) groups excluding carboxylic acids is 1. The monoisotopic (exact) mass is 431 g/mol. The zero-order valence-corrected chi connectivity index (χ0v) is 18.4. The molecule has 0 aliphatic rings. The highest BCUT2D eigenvalue weighted by atomic mass is 32.1. The molecule has 31 heavy (non-hydrogen) atoms. The molecule has 158 valence electrons.